The van der Waals surface area contributed by atoms with Gasteiger partial charge in [-0.1, -0.05) is 39.8 Å². The highest BCUT2D eigenvalue weighted by Crippen LogP contribution is 2.28. The SMILES string of the molecule is CC(C)C(=O)N[C@H](c1nc2ccccc2n1C(C)C)C(C)C. The predicted molar refractivity (Wildman–Crippen MR) is 90.7 cm³/mol. The number of hydrogen-bond acceptors (Lipinski definition) is 2. The van der Waals surface area contributed by atoms with Gasteiger partial charge in [-0.05, 0) is 31.9 Å². The van der Waals surface area contributed by atoms with Crippen LogP contribution in [0.25, 0.3) is 11.0 Å². The first-order valence-corrected chi connectivity index (χ1v) is 8.10. The van der Waals surface area contributed by atoms with Gasteiger partial charge in [-0.3, -0.25) is 4.79 Å². The molecule has 120 valence electrons. The van der Waals surface area contributed by atoms with Crippen LogP contribution in [0.1, 0.15) is 59.5 Å². The molecule has 2 rings (SSSR count). The molecule has 1 N–H and O–H groups in total. The Morgan fingerprint density at radius 1 is 1.09 bits per heavy atom. The van der Waals surface area contributed by atoms with Crippen molar-refractivity contribution in [2.75, 3.05) is 0 Å². The van der Waals surface area contributed by atoms with Crippen molar-refractivity contribution in [1.82, 2.24) is 14.9 Å². The highest BCUT2D eigenvalue weighted by molar-refractivity contribution is 5.79. The molecule has 0 aliphatic carbocycles. The molecule has 0 radical (unpaired) electrons. The second kappa shape index (κ2) is 6.51. The molecule has 4 heteroatoms. The van der Waals surface area contributed by atoms with Crippen LogP contribution in [0.15, 0.2) is 24.3 Å². The van der Waals surface area contributed by atoms with Gasteiger partial charge < -0.3 is 9.88 Å². The van der Waals surface area contributed by atoms with E-state index in [1.54, 1.807) is 0 Å². The van der Waals surface area contributed by atoms with E-state index >= 15 is 0 Å². The van der Waals surface area contributed by atoms with E-state index in [2.05, 4.69) is 43.6 Å². The first-order chi connectivity index (χ1) is 10.3. The Balaban J connectivity index is 2.53. The van der Waals surface area contributed by atoms with Gasteiger partial charge in [0.1, 0.15) is 5.82 Å². The fourth-order valence-electron chi connectivity index (χ4n) is 2.67. The molecule has 0 bridgehead atoms. The van der Waals surface area contributed by atoms with E-state index in [4.69, 9.17) is 4.98 Å². The number of carbonyl (C=O) groups is 1. The van der Waals surface area contributed by atoms with Crippen LogP contribution < -0.4 is 5.32 Å². The van der Waals surface area contributed by atoms with Gasteiger partial charge in [-0.25, -0.2) is 4.98 Å². The molecule has 1 heterocycles. The summed E-state index contributed by atoms with van der Waals surface area (Å²) in [5.74, 6) is 1.26. The average Bonchev–Trinajstić information content (AvgIpc) is 2.82. The number of para-hydroxylation sites is 2. The summed E-state index contributed by atoms with van der Waals surface area (Å²) in [6.45, 7) is 12.4. The lowest BCUT2D eigenvalue weighted by atomic mass is 10.0. The standard InChI is InChI=1S/C18H27N3O/c1-11(2)16(20-18(22)12(3)4)17-19-14-9-7-8-10-15(14)21(17)13(5)6/h7-13,16H,1-6H3,(H,20,22)/t16-/m0/s1. The fourth-order valence-corrected chi connectivity index (χ4v) is 2.67. The minimum absolute atomic E-state index is 0.0295. The molecular weight excluding hydrogens is 274 g/mol. The Labute approximate surface area is 132 Å². The normalized spacial score (nSPS) is 13.3. The second-order valence-electron chi connectivity index (χ2n) is 6.81. The van der Waals surface area contributed by atoms with Gasteiger partial charge in [0, 0.05) is 12.0 Å². The average molecular weight is 301 g/mol. The van der Waals surface area contributed by atoms with Crippen molar-refractivity contribution >= 4 is 16.9 Å². The predicted octanol–water partition coefficient (Wildman–Crippen LogP) is 4.09. The van der Waals surface area contributed by atoms with Crippen molar-refractivity contribution in [2.45, 2.75) is 53.6 Å². The Hall–Kier alpha value is -1.84. The molecule has 22 heavy (non-hydrogen) atoms. The van der Waals surface area contributed by atoms with E-state index in [-0.39, 0.29) is 23.8 Å². The minimum atomic E-state index is -0.0790. The maximum atomic E-state index is 12.2. The van der Waals surface area contributed by atoms with Gasteiger partial charge in [0.2, 0.25) is 5.91 Å². The second-order valence-corrected chi connectivity index (χ2v) is 6.81. The zero-order valence-corrected chi connectivity index (χ0v) is 14.4. The lowest BCUT2D eigenvalue weighted by molar-refractivity contribution is -0.125. The zero-order valence-electron chi connectivity index (χ0n) is 14.4. The molecule has 4 nitrogen and oxygen atoms in total. The maximum Gasteiger partial charge on any atom is 0.223 e. The number of imidazole rings is 1. The molecule has 1 aromatic heterocycles. The number of amides is 1. The molecule has 0 unspecified atom stereocenters. The Kier molecular flexibility index (Phi) is 4.89. The van der Waals surface area contributed by atoms with Crippen LogP contribution in [0.5, 0.6) is 0 Å². The van der Waals surface area contributed by atoms with E-state index < -0.39 is 0 Å². The molecule has 0 fully saturated rings. The highest BCUT2D eigenvalue weighted by atomic mass is 16.1. The number of aromatic nitrogens is 2. The summed E-state index contributed by atoms with van der Waals surface area (Å²) in [7, 11) is 0. The van der Waals surface area contributed by atoms with Crippen LogP contribution >= 0.6 is 0 Å². The number of hydrogen-bond donors (Lipinski definition) is 1. The number of nitrogens with one attached hydrogen (secondary N) is 1. The van der Waals surface area contributed by atoms with Crippen LogP contribution in [-0.2, 0) is 4.79 Å². The molecule has 0 spiro atoms. The summed E-state index contributed by atoms with van der Waals surface area (Å²) in [5.41, 5.74) is 2.10. The molecule has 0 saturated carbocycles. The molecular formula is C18H27N3O. The molecule has 0 saturated heterocycles. The Morgan fingerprint density at radius 3 is 2.27 bits per heavy atom. The van der Waals surface area contributed by atoms with Crippen molar-refractivity contribution < 1.29 is 4.79 Å². The highest BCUT2D eigenvalue weighted by Gasteiger charge is 2.26. The van der Waals surface area contributed by atoms with Crippen LogP contribution in [0.4, 0.5) is 0 Å². The van der Waals surface area contributed by atoms with Gasteiger partial charge >= 0.3 is 0 Å². The molecule has 1 aromatic carbocycles. The van der Waals surface area contributed by atoms with E-state index in [9.17, 15) is 4.79 Å². The maximum absolute atomic E-state index is 12.2. The summed E-state index contributed by atoms with van der Waals surface area (Å²) in [6, 6.07) is 8.36. The van der Waals surface area contributed by atoms with Gasteiger partial charge in [0.25, 0.3) is 0 Å². The summed E-state index contributed by atoms with van der Waals surface area (Å²) in [6.07, 6.45) is 0. The lowest BCUT2D eigenvalue weighted by Gasteiger charge is -2.25. The van der Waals surface area contributed by atoms with Crippen LogP contribution in [-0.4, -0.2) is 15.5 Å². The fraction of sp³-hybridized carbons (Fsp3) is 0.556. The van der Waals surface area contributed by atoms with Crippen molar-refractivity contribution in [3.63, 3.8) is 0 Å². The molecule has 0 aliphatic rings. The smallest absolute Gasteiger partial charge is 0.223 e. The summed E-state index contributed by atoms with van der Waals surface area (Å²) in [4.78, 5) is 17.0. The van der Waals surface area contributed by atoms with E-state index in [1.165, 1.54) is 0 Å². The largest absolute Gasteiger partial charge is 0.346 e. The van der Waals surface area contributed by atoms with Crippen LogP contribution in [0, 0.1) is 11.8 Å². The Bertz CT molecular complexity index is 655. The van der Waals surface area contributed by atoms with Crippen LogP contribution in [0.2, 0.25) is 0 Å². The number of benzene rings is 1. The van der Waals surface area contributed by atoms with Crippen molar-refractivity contribution in [1.29, 1.82) is 0 Å². The summed E-state index contributed by atoms with van der Waals surface area (Å²) in [5, 5.41) is 3.17. The monoisotopic (exact) mass is 301 g/mol. The van der Waals surface area contributed by atoms with Gasteiger partial charge in [-0.15, -0.1) is 0 Å². The van der Waals surface area contributed by atoms with Gasteiger partial charge in [-0.2, -0.15) is 0 Å². The summed E-state index contributed by atoms with van der Waals surface area (Å²) < 4.78 is 2.24. The quantitative estimate of drug-likeness (QED) is 0.904. The van der Waals surface area contributed by atoms with Gasteiger partial charge in [0.05, 0.1) is 17.1 Å². The topological polar surface area (TPSA) is 46.9 Å². The molecule has 1 amide bonds. The van der Waals surface area contributed by atoms with E-state index in [1.807, 2.05) is 32.0 Å². The zero-order chi connectivity index (χ0) is 16.4. The van der Waals surface area contributed by atoms with Gasteiger partial charge in [0.15, 0.2) is 0 Å². The first kappa shape index (κ1) is 16.5. The minimum Gasteiger partial charge on any atom is -0.346 e. The van der Waals surface area contributed by atoms with Crippen molar-refractivity contribution in [3.8, 4) is 0 Å². The number of nitrogens with zero attached hydrogens (tertiary/aromatic N) is 2. The van der Waals surface area contributed by atoms with Crippen molar-refractivity contribution in [3.05, 3.63) is 30.1 Å². The number of rotatable bonds is 5. The number of fused-ring (bicyclic) bond motifs is 1. The van der Waals surface area contributed by atoms with Crippen LogP contribution in [0.3, 0.4) is 0 Å². The third kappa shape index (κ3) is 3.16. The summed E-state index contributed by atoms with van der Waals surface area (Å²) >= 11 is 0. The molecule has 1 atom stereocenters. The lowest BCUT2D eigenvalue weighted by Crippen LogP contribution is -2.36. The molecule has 0 aliphatic heterocycles. The number of carbonyl (C=O) groups excluding carboxylic acids is 1. The third-order valence-electron chi connectivity index (χ3n) is 3.91. The van der Waals surface area contributed by atoms with Crippen molar-refractivity contribution in [2.24, 2.45) is 11.8 Å². The van der Waals surface area contributed by atoms with E-state index in [0.717, 1.165) is 16.9 Å². The molecule has 2 aromatic rings. The third-order valence-corrected chi connectivity index (χ3v) is 3.91. The first-order valence-electron chi connectivity index (χ1n) is 8.10. The van der Waals surface area contributed by atoms with E-state index in [0.29, 0.717) is 6.04 Å². The Morgan fingerprint density at radius 2 is 1.73 bits per heavy atom.